The molecule has 8 N–H and O–H groups in total. The molecule has 0 spiro atoms. The molecule has 0 aliphatic carbocycles. The minimum absolute atomic E-state index is 0.0167. The van der Waals surface area contributed by atoms with Gasteiger partial charge in [0.1, 0.15) is 18.0 Å². The van der Waals surface area contributed by atoms with E-state index in [4.69, 9.17) is 10.5 Å². The molecule has 1 aliphatic heterocycles. The van der Waals surface area contributed by atoms with Crippen molar-refractivity contribution in [3.63, 3.8) is 0 Å². The summed E-state index contributed by atoms with van der Waals surface area (Å²) in [5.74, 6) is -5.58. The van der Waals surface area contributed by atoms with Crippen LogP contribution in [0.4, 0.5) is 0 Å². The monoisotopic (exact) mass is 488 g/mol. The van der Waals surface area contributed by atoms with Crippen molar-refractivity contribution in [1.29, 1.82) is 0 Å². The number of aliphatic hydroxyl groups excluding tert-OH is 3. The highest BCUT2D eigenvalue weighted by Gasteiger charge is 2.54. The average molecular weight is 489 g/mol. The molecule has 1 aliphatic rings. The van der Waals surface area contributed by atoms with Crippen molar-refractivity contribution in [2.45, 2.75) is 77.0 Å². The van der Waals surface area contributed by atoms with Crippen molar-refractivity contribution in [3.05, 3.63) is 0 Å². The van der Waals surface area contributed by atoms with Gasteiger partial charge in [0, 0.05) is 0 Å². The van der Waals surface area contributed by atoms with Crippen molar-refractivity contribution < 1.29 is 44.0 Å². The lowest BCUT2D eigenvalue weighted by atomic mass is 9.92. The smallest absolute Gasteiger partial charge is 0.245 e. The van der Waals surface area contributed by atoms with Crippen LogP contribution in [0.5, 0.6) is 0 Å². The number of aliphatic hydroxyl groups is 3. The molecule has 1 fully saturated rings. The standard InChI is InChI=1S/C21H36N4O9/c1-9(2)6-13(16(29)21(7-26)8-34-21)23-19(32)14(11(4)27)25-20(33)15(12(5)28)24-18(31)10(3)17(22)30/h9-15,26-28H,6-8H2,1-5H3,(H2,22,30)(H,23,32)(H,24,31)(H,25,33)/t10-,11+,12+,13+,14-,15-,21+/m0/s1. The van der Waals surface area contributed by atoms with Crippen LogP contribution >= 0.6 is 0 Å². The Kier molecular flexibility index (Phi) is 10.6. The SMILES string of the molecule is CC(C)C[C@@H](NC(=O)[C@@H](NC(=O)[C@@H](NC(=O)[C@@H](C)C(N)=O)[C@@H](C)O)[C@@H](C)O)C(=O)[C@@]1(CO)CO1. The molecule has 1 rings (SSSR count). The number of carbonyl (C=O) groups excluding carboxylic acids is 5. The van der Waals surface area contributed by atoms with Crippen LogP contribution in [-0.2, 0) is 28.7 Å². The second kappa shape index (κ2) is 12.2. The van der Waals surface area contributed by atoms with Crippen LogP contribution in [0, 0.1) is 11.8 Å². The summed E-state index contributed by atoms with van der Waals surface area (Å²) >= 11 is 0. The van der Waals surface area contributed by atoms with Crippen molar-refractivity contribution in [2.24, 2.45) is 17.6 Å². The summed E-state index contributed by atoms with van der Waals surface area (Å²) in [6.07, 6.45) is -2.63. The van der Waals surface area contributed by atoms with Gasteiger partial charge >= 0.3 is 0 Å². The largest absolute Gasteiger partial charge is 0.393 e. The zero-order valence-electron chi connectivity index (χ0n) is 20.0. The van der Waals surface area contributed by atoms with Gasteiger partial charge in [-0.1, -0.05) is 13.8 Å². The third-order valence-electron chi connectivity index (χ3n) is 5.48. The van der Waals surface area contributed by atoms with E-state index < -0.39 is 77.9 Å². The number of Topliss-reactive ketones (excluding diaryl/α,β-unsaturated/α-hetero) is 1. The molecule has 1 saturated heterocycles. The van der Waals surface area contributed by atoms with Gasteiger partial charge in [-0.15, -0.1) is 0 Å². The van der Waals surface area contributed by atoms with E-state index in [1.54, 1.807) is 0 Å². The predicted octanol–water partition coefficient (Wildman–Crippen LogP) is -3.30. The average Bonchev–Trinajstić information content (AvgIpc) is 3.54. The van der Waals surface area contributed by atoms with Gasteiger partial charge in [0.05, 0.1) is 31.5 Å². The number of carbonyl (C=O) groups is 5. The van der Waals surface area contributed by atoms with Crippen molar-refractivity contribution in [1.82, 2.24) is 16.0 Å². The molecule has 4 amide bonds. The summed E-state index contributed by atoms with van der Waals surface area (Å²) < 4.78 is 5.08. The number of primary amides is 1. The van der Waals surface area contributed by atoms with Gasteiger partial charge in [0.15, 0.2) is 11.4 Å². The minimum atomic E-state index is -1.56. The number of epoxide rings is 1. The van der Waals surface area contributed by atoms with Crippen molar-refractivity contribution in [2.75, 3.05) is 13.2 Å². The first-order valence-electron chi connectivity index (χ1n) is 11.0. The summed E-state index contributed by atoms with van der Waals surface area (Å²) in [5.41, 5.74) is 3.69. The van der Waals surface area contributed by atoms with E-state index >= 15 is 0 Å². The van der Waals surface area contributed by atoms with Crippen LogP contribution in [0.3, 0.4) is 0 Å². The number of ether oxygens (including phenoxy) is 1. The molecule has 34 heavy (non-hydrogen) atoms. The second-order valence-electron chi connectivity index (χ2n) is 9.07. The van der Waals surface area contributed by atoms with Gasteiger partial charge in [-0.05, 0) is 33.1 Å². The lowest BCUT2D eigenvalue weighted by molar-refractivity contribution is -0.139. The molecule has 194 valence electrons. The van der Waals surface area contributed by atoms with Gasteiger partial charge in [-0.2, -0.15) is 0 Å². The Balaban J connectivity index is 3.00. The molecule has 0 saturated carbocycles. The zero-order valence-corrected chi connectivity index (χ0v) is 20.0. The van der Waals surface area contributed by atoms with Gasteiger partial charge in [-0.3, -0.25) is 24.0 Å². The summed E-state index contributed by atoms with van der Waals surface area (Å²) in [5, 5.41) is 36.5. The maximum atomic E-state index is 12.9. The molecule has 1 heterocycles. The Morgan fingerprint density at radius 3 is 1.68 bits per heavy atom. The highest BCUT2D eigenvalue weighted by molar-refractivity contribution is 6.02. The number of hydrogen-bond donors (Lipinski definition) is 7. The Bertz CT molecular complexity index is 780. The van der Waals surface area contributed by atoms with Crippen LogP contribution in [-0.4, -0.2) is 93.9 Å². The quantitative estimate of drug-likeness (QED) is 0.0959. The normalized spacial score (nSPS) is 22.5. The van der Waals surface area contributed by atoms with E-state index in [0.29, 0.717) is 0 Å². The fourth-order valence-electron chi connectivity index (χ4n) is 3.14. The number of amides is 4. The lowest BCUT2D eigenvalue weighted by Gasteiger charge is -2.28. The van der Waals surface area contributed by atoms with Crippen molar-refractivity contribution >= 4 is 29.4 Å². The van der Waals surface area contributed by atoms with E-state index in [-0.39, 0.29) is 18.9 Å². The first-order valence-corrected chi connectivity index (χ1v) is 11.0. The van der Waals surface area contributed by atoms with Gasteiger partial charge < -0.3 is 41.7 Å². The summed E-state index contributed by atoms with van der Waals surface area (Å²) in [4.78, 5) is 61.8. The molecule has 0 aromatic carbocycles. The highest BCUT2D eigenvalue weighted by Crippen LogP contribution is 2.30. The highest BCUT2D eigenvalue weighted by atomic mass is 16.6. The van der Waals surface area contributed by atoms with Crippen LogP contribution in [0.2, 0.25) is 0 Å². The number of rotatable bonds is 14. The molecule has 0 radical (unpaired) electrons. The third kappa shape index (κ3) is 7.72. The molecule has 0 aromatic heterocycles. The Morgan fingerprint density at radius 1 is 0.882 bits per heavy atom. The number of ketones is 1. The lowest BCUT2D eigenvalue weighted by Crippen LogP contribution is -2.62. The molecule has 0 unspecified atom stereocenters. The molecular formula is C21H36N4O9. The molecule has 7 atom stereocenters. The molecule has 13 heteroatoms. The van der Waals surface area contributed by atoms with Gasteiger partial charge in [-0.25, -0.2) is 0 Å². The molecule has 13 nitrogen and oxygen atoms in total. The van der Waals surface area contributed by atoms with Crippen LogP contribution in [0.1, 0.15) is 41.0 Å². The number of nitrogens with one attached hydrogen (secondary N) is 3. The second-order valence-corrected chi connectivity index (χ2v) is 9.07. The maximum Gasteiger partial charge on any atom is 0.245 e. The number of hydrogen-bond acceptors (Lipinski definition) is 9. The Labute approximate surface area is 197 Å². The topological polar surface area (TPSA) is 221 Å². The first kappa shape index (κ1) is 29.4. The van der Waals surface area contributed by atoms with Gasteiger partial charge in [0.2, 0.25) is 23.6 Å². The minimum Gasteiger partial charge on any atom is -0.393 e. The molecule has 0 bridgehead atoms. The van der Waals surface area contributed by atoms with Crippen LogP contribution < -0.4 is 21.7 Å². The van der Waals surface area contributed by atoms with Crippen molar-refractivity contribution in [3.8, 4) is 0 Å². The molecule has 0 aromatic rings. The van der Waals surface area contributed by atoms with E-state index in [1.165, 1.54) is 20.8 Å². The fourth-order valence-corrected chi connectivity index (χ4v) is 3.14. The van der Waals surface area contributed by atoms with E-state index in [0.717, 1.165) is 0 Å². The maximum absolute atomic E-state index is 12.9. The van der Waals surface area contributed by atoms with Crippen LogP contribution in [0.25, 0.3) is 0 Å². The zero-order chi connectivity index (χ0) is 26.4. The van der Waals surface area contributed by atoms with E-state index in [2.05, 4.69) is 16.0 Å². The third-order valence-corrected chi connectivity index (χ3v) is 5.48. The predicted molar refractivity (Wildman–Crippen MR) is 118 cm³/mol. The summed E-state index contributed by atoms with van der Waals surface area (Å²) in [7, 11) is 0. The summed E-state index contributed by atoms with van der Waals surface area (Å²) in [6.45, 7) is 6.77. The number of nitrogens with two attached hydrogens (primary N) is 1. The van der Waals surface area contributed by atoms with E-state index in [1.807, 2.05) is 13.8 Å². The van der Waals surface area contributed by atoms with Gasteiger partial charge in [0.25, 0.3) is 0 Å². The first-order chi connectivity index (χ1) is 15.7. The van der Waals surface area contributed by atoms with Crippen LogP contribution in [0.15, 0.2) is 0 Å². The fraction of sp³-hybridized carbons (Fsp3) is 0.762. The summed E-state index contributed by atoms with van der Waals surface area (Å²) in [6, 6.07) is -4.16. The Hall–Kier alpha value is -2.61. The molecular weight excluding hydrogens is 452 g/mol. The van der Waals surface area contributed by atoms with E-state index in [9.17, 15) is 39.3 Å². The Morgan fingerprint density at radius 2 is 1.32 bits per heavy atom.